The number of piperazine rings is 1. The molecule has 6 nitrogen and oxygen atoms in total. The standard InChI is InChI=1S/C16H27N3O3/c1-10(14-13(11(2)20)15(21)17-14)16(22)19-8-7-18-6-4-3-5-12(18)9-19/h10-14,20H,3-9H2,1-2H3,(H,17,21)/t10?,11?,12?,13-,14-/m1/s1. The van der Waals surface area contributed by atoms with Crippen molar-refractivity contribution in [2.75, 3.05) is 26.2 Å². The minimum atomic E-state index is -0.704. The van der Waals surface area contributed by atoms with Gasteiger partial charge in [-0.1, -0.05) is 13.3 Å². The number of hydrogen-bond acceptors (Lipinski definition) is 4. The number of rotatable bonds is 3. The molecule has 0 aromatic heterocycles. The molecule has 0 radical (unpaired) electrons. The fourth-order valence-corrected chi connectivity index (χ4v) is 4.17. The molecule has 0 saturated carbocycles. The number of carbonyl (C=O) groups is 2. The zero-order valence-electron chi connectivity index (χ0n) is 13.5. The van der Waals surface area contributed by atoms with E-state index in [9.17, 15) is 14.7 Å². The predicted molar refractivity (Wildman–Crippen MR) is 82.1 cm³/mol. The van der Waals surface area contributed by atoms with Crippen LogP contribution in [0.25, 0.3) is 0 Å². The van der Waals surface area contributed by atoms with Crippen LogP contribution in [-0.2, 0) is 9.59 Å². The summed E-state index contributed by atoms with van der Waals surface area (Å²) in [7, 11) is 0. The highest BCUT2D eigenvalue weighted by Crippen LogP contribution is 2.28. The summed E-state index contributed by atoms with van der Waals surface area (Å²) in [5, 5.41) is 12.5. The van der Waals surface area contributed by atoms with E-state index < -0.39 is 12.0 Å². The van der Waals surface area contributed by atoms with E-state index in [1.165, 1.54) is 19.3 Å². The van der Waals surface area contributed by atoms with Gasteiger partial charge in [-0.3, -0.25) is 14.5 Å². The molecule has 3 unspecified atom stereocenters. The summed E-state index contributed by atoms with van der Waals surface area (Å²) in [6.07, 6.45) is 2.99. The second kappa shape index (κ2) is 6.16. The van der Waals surface area contributed by atoms with E-state index >= 15 is 0 Å². The molecule has 124 valence electrons. The third-order valence-electron chi connectivity index (χ3n) is 5.60. The molecule has 6 heteroatoms. The third kappa shape index (κ3) is 2.74. The Bertz CT molecular complexity index is 454. The van der Waals surface area contributed by atoms with Gasteiger partial charge in [0.2, 0.25) is 11.8 Å². The first kappa shape index (κ1) is 15.7. The van der Waals surface area contributed by atoms with Crippen molar-refractivity contribution in [3.63, 3.8) is 0 Å². The van der Waals surface area contributed by atoms with Crippen LogP contribution in [0.1, 0.15) is 33.1 Å². The van der Waals surface area contributed by atoms with Crippen molar-refractivity contribution in [2.45, 2.75) is 51.3 Å². The number of fused-ring (bicyclic) bond motifs is 1. The lowest BCUT2D eigenvalue weighted by Crippen LogP contribution is -2.67. The van der Waals surface area contributed by atoms with Crippen LogP contribution in [-0.4, -0.2) is 71.1 Å². The van der Waals surface area contributed by atoms with Gasteiger partial charge in [0.1, 0.15) is 0 Å². The molecule has 2 amide bonds. The van der Waals surface area contributed by atoms with Gasteiger partial charge in [0, 0.05) is 25.7 Å². The van der Waals surface area contributed by atoms with E-state index in [2.05, 4.69) is 10.2 Å². The van der Waals surface area contributed by atoms with E-state index in [0.29, 0.717) is 6.04 Å². The molecule has 3 fully saturated rings. The van der Waals surface area contributed by atoms with E-state index in [1.807, 2.05) is 11.8 Å². The number of amides is 2. The quantitative estimate of drug-likeness (QED) is 0.709. The van der Waals surface area contributed by atoms with Gasteiger partial charge in [0.15, 0.2) is 0 Å². The number of β-lactam (4-membered cyclic amide) rings is 1. The third-order valence-corrected chi connectivity index (χ3v) is 5.60. The van der Waals surface area contributed by atoms with Gasteiger partial charge in [0.05, 0.1) is 24.0 Å². The predicted octanol–water partition coefficient (Wildman–Crippen LogP) is -0.185. The molecule has 22 heavy (non-hydrogen) atoms. The molecule has 2 N–H and O–H groups in total. The average Bonchev–Trinajstić information content (AvgIpc) is 2.50. The number of piperidine rings is 1. The Morgan fingerprint density at radius 2 is 2.05 bits per heavy atom. The van der Waals surface area contributed by atoms with Crippen LogP contribution in [0.3, 0.4) is 0 Å². The Morgan fingerprint density at radius 3 is 2.73 bits per heavy atom. The topological polar surface area (TPSA) is 72.9 Å². The number of aliphatic hydroxyl groups excluding tert-OH is 1. The molecular weight excluding hydrogens is 282 g/mol. The van der Waals surface area contributed by atoms with E-state index in [1.54, 1.807) is 6.92 Å². The molecular formula is C16H27N3O3. The number of nitrogens with one attached hydrogen (secondary N) is 1. The Labute approximate surface area is 131 Å². The molecule has 3 aliphatic heterocycles. The van der Waals surface area contributed by atoms with Gasteiger partial charge < -0.3 is 15.3 Å². The molecule has 0 aliphatic carbocycles. The zero-order valence-corrected chi connectivity index (χ0v) is 13.5. The Balaban J connectivity index is 1.60. The summed E-state index contributed by atoms with van der Waals surface area (Å²) in [6.45, 7) is 7.19. The van der Waals surface area contributed by atoms with Crippen molar-refractivity contribution in [3.8, 4) is 0 Å². The van der Waals surface area contributed by atoms with Gasteiger partial charge >= 0.3 is 0 Å². The highest BCUT2D eigenvalue weighted by atomic mass is 16.3. The minimum Gasteiger partial charge on any atom is -0.393 e. The van der Waals surface area contributed by atoms with Crippen molar-refractivity contribution in [3.05, 3.63) is 0 Å². The highest BCUT2D eigenvalue weighted by molar-refractivity contribution is 5.90. The lowest BCUT2D eigenvalue weighted by molar-refractivity contribution is -0.150. The molecule has 3 saturated heterocycles. The highest BCUT2D eigenvalue weighted by Gasteiger charge is 2.48. The van der Waals surface area contributed by atoms with Crippen LogP contribution in [0.2, 0.25) is 0 Å². The smallest absolute Gasteiger partial charge is 0.228 e. The summed E-state index contributed by atoms with van der Waals surface area (Å²) in [5.41, 5.74) is 0. The first-order chi connectivity index (χ1) is 10.5. The number of carbonyl (C=O) groups excluding carboxylic acids is 2. The van der Waals surface area contributed by atoms with E-state index in [0.717, 1.165) is 26.2 Å². The lowest BCUT2D eigenvalue weighted by atomic mass is 9.78. The summed E-state index contributed by atoms with van der Waals surface area (Å²) in [4.78, 5) is 28.8. The van der Waals surface area contributed by atoms with Crippen LogP contribution >= 0.6 is 0 Å². The van der Waals surface area contributed by atoms with Crippen LogP contribution in [0.5, 0.6) is 0 Å². The maximum absolute atomic E-state index is 12.8. The minimum absolute atomic E-state index is 0.112. The molecule has 3 aliphatic rings. The van der Waals surface area contributed by atoms with Gasteiger partial charge in [0.25, 0.3) is 0 Å². The molecule has 0 bridgehead atoms. The van der Waals surface area contributed by atoms with E-state index in [4.69, 9.17) is 0 Å². The summed E-state index contributed by atoms with van der Waals surface area (Å²) < 4.78 is 0. The molecule has 0 aromatic rings. The average molecular weight is 309 g/mol. The Morgan fingerprint density at radius 1 is 1.27 bits per heavy atom. The van der Waals surface area contributed by atoms with Gasteiger partial charge in [-0.2, -0.15) is 0 Å². The van der Waals surface area contributed by atoms with Crippen LogP contribution < -0.4 is 5.32 Å². The van der Waals surface area contributed by atoms with Crippen LogP contribution in [0.15, 0.2) is 0 Å². The summed E-state index contributed by atoms with van der Waals surface area (Å²) in [6, 6.07) is 0.270. The maximum Gasteiger partial charge on any atom is 0.228 e. The van der Waals surface area contributed by atoms with Crippen molar-refractivity contribution in [1.82, 2.24) is 15.1 Å². The van der Waals surface area contributed by atoms with Gasteiger partial charge in [-0.25, -0.2) is 0 Å². The van der Waals surface area contributed by atoms with Crippen LogP contribution in [0, 0.1) is 11.8 Å². The second-order valence-corrected chi connectivity index (χ2v) is 7.06. The molecule has 0 aromatic carbocycles. The fraction of sp³-hybridized carbons (Fsp3) is 0.875. The number of nitrogens with zero attached hydrogens (tertiary/aromatic N) is 2. The first-order valence-electron chi connectivity index (χ1n) is 8.50. The van der Waals surface area contributed by atoms with Crippen molar-refractivity contribution < 1.29 is 14.7 Å². The SMILES string of the molecule is CC(C(=O)N1CCN2CCCCC2C1)[C@H]1NC(=O)[C@@H]1C(C)O. The maximum atomic E-state index is 12.8. The normalized spacial score (nSPS) is 35.1. The van der Waals surface area contributed by atoms with Gasteiger partial charge in [-0.15, -0.1) is 0 Å². The molecule has 5 atom stereocenters. The van der Waals surface area contributed by atoms with Crippen LogP contribution in [0.4, 0.5) is 0 Å². The molecule has 3 heterocycles. The number of hydrogen-bond donors (Lipinski definition) is 2. The summed E-state index contributed by atoms with van der Waals surface area (Å²) in [5.74, 6) is -0.750. The molecule has 3 rings (SSSR count). The van der Waals surface area contributed by atoms with E-state index in [-0.39, 0.29) is 23.8 Å². The van der Waals surface area contributed by atoms with Crippen molar-refractivity contribution >= 4 is 11.8 Å². The zero-order chi connectivity index (χ0) is 15.9. The van der Waals surface area contributed by atoms with Gasteiger partial charge in [-0.05, 0) is 26.3 Å². The number of aliphatic hydroxyl groups is 1. The largest absolute Gasteiger partial charge is 0.393 e. The first-order valence-corrected chi connectivity index (χ1v) is 8.50. The second-order valence-electron chi connectivity index (χ2n) is 7.06. The summed E-state index contributed by atoms with van der Waals surface area (Å²) >= 11 is 0. The Hall–Kier alpha value is -1.14. The fourth-order valence-electron chi connectivity index (χ4n) is 4.17. The lowest BCUT2D eigenvalue weighted by Gasteiger charge is -2.47. The monoisotopic (exact) mass is 309 g/mol. The molecule has 0 spiro atoms. The van der Waals surface area contributed by atoms with Crippen molar-refractivity contribution in [1.29, 1.82) is 0 Å². The Kier molecular flexibility index (Phi) is 4.41. The van der Waals surface area contributed by atoms with Crippen molar-refractivity contribution in [2.24, 2.45) is 11.8 Å².